The number of hydrogen-bond donors (Lipinski definition) is 1. The zero-order chi connectivity index (χ0) is 15.9. The molecule has 2 atom stereocenters. The number of aromatic nitrogens is 1. The number of carbonyl (C=O) groups excluding carboxylic acids is 2. The molecule has 0 aliphatic carbocycles. The molecule has 22 heavy (non-hydrogen) atoms. The minimum absolute atomic E-state index is 0.0139. The second-order valence-corrected chi connectivity index (χ2v) is 5.90. The molecule has 2 heterocycles. The van der Waals surface area contributed by atoms with Crippen molar-refractivity contribution in [3.63, 3.8) is 0 Å². The summed E-state index contributed by atoms with van der Waals surface area (Å²) < 4.78 is 0. The van der Waals surface area contributed by atoms with Gasteiger partial charge in [0, 0.05) is 32.4 Å². The molecule has 1 aromatic heterocycles. The lowest BCUT2D eigenvalue weighted by atomic mass is 9.94. The Kier molecular flexibility index (Phi) is 5.92. The molecule has 1 aromatic rings. The average Bonchev–Trinajstić information content (AvgIpc) is 2.83. The van der Waals surface area contributed by atoms with Crippen molar-refractivity contribution < 1.29 is 9.59 Å². The van der Waals surface area contributed by atoms with Crippen LogP contribution >= 0.6 is 0 Å². The molecule has 2 rings (SSSR count). The molecular formula is C17H25N3O2. The molecule has 0 saturated carbocycles. The van der Waals surface area contributed by atoms with Gasteiger partial charge in [0.25, 0.3) is 0 Å². The van der Waals surface area contributed by atoms with Gasteiger partial charge in [0.2, 0.25) is 11.8 Å². The zero-order valence-corrected chi connectivity index (χ0v) is 13.4. The van der Waals surface area contributed by atoms with Crippen molar-refractivity contribution in [3.8, 4) is 0 Å². The predicted octanol–water partition coefficient (Wildman–Crippen LogP) is 2.30. The lowest BCUT2D eigenvalue weighted by molar-refractivity contribution is -0.128. The molecule has 5 nitrogen and oxygen atoms in total. The topological polar surface area (TPSA) is 62.3 Å². The van der Waals surface area contributed by atoms with E-state index in [0.29, 0.717) is 6.54 Å². The van der Waals surface area contributed by atoms with E-state index in [0.717, 1.165) is 18.4 Å². The molecule has 2 amide bonds. The van der Waals surface area contributed by atoms with Gasteiger partial charge < -0.3 is 10.2 Å². The van der Waals surface area contributed by atoms with Gasteiger partial charge in [0.05, 0.1) is 12.0 Å². The van der Waals surface area contributed by atoms with Crippen LogP contribution in [-0.4, -0.2) is 35.3 Å². The first-order chi connectivity index (χ1) is 10.6. The fourth-order valence-corrected chi connectivity index (χ4v) is 3.01. The molecule has 120 valence electrons. The van der Waals surface area contributed by atoms with Gasteiger partial charge in [-0.1, -0.05) is 32.3 Å². The van der Waals surface area contributed by atoms with Gasteiger partial charge in [-0.05, 0) is 18.1 Å². The van der Waals surface area contributed by atoms with Crippen LogP contribution in [0.3, 0.4) is 0 Å². The standard InChI is InChI=1S/C17H25N3O2/c1-3-4-5-6-10-19-17(22)14-11-15(21)20(2)16(14)13-8-7-9-18-12-13/h7-9,12,14,16H,3-6,10-11H2,1-2H3,(H,19,22)/t14-,16-/m1/s1. The highest BCUT2D eigenvalue weighted by molar-refractivity contribution is 5.90. The highest BCUT2D eigenvalue weighted by atomic mass is 16.2. The number of nitrogens with one attached hydrogen (secondary N) is 1. The number of pyridine rings is 1. The van der Waals surface area contributed by atoms with Crippen LogP contribution in [0.25, 0.3) is 0 Å². The van der Waals surface area contributed by atoms with E-state index >= 15 is 0 Å². The van der Waals surface area contributed by atoms with Crippen LogP contribution in [0.15, 0.2) is 24.5 Å². The van der Waals surface area contributed by atoms with Crippen LogP contribution in [-0.2, 0) is 9.59 Å². The molecule has 0 spiro atoms. The van der Waals surface area contributed by atoms with Crippen molar-refractivity contribution >= 4 is 11.8 Å². The molecule has 1 aliphatic rings. The van der Waals surface area contributed by atoms with Crippen molar-refractivity contribution in [1.82, 2.24) is 15.2 Å². The molecule has 1 saturated heterocycles. The first kappa shape index (κ1) is 16.5. The number of unbranched alkanes of at least 4 members (excludes halogenated alkanes) is 3. The van der Waals surface area contributed by atoms with Crippen molar-refractivity contribution in [2.45, 2.75) is 45.1 Å². The number of hydrogen-bond acceptors (Lipinski definition) is 3. The van der Waals surface area contributed by atoms with E-state index in [1.165, 1.54) is 12.8 Å². The molecule has 0 unspecified atom stereocenters. The summed E-state index contributed by atoms with van der Waals surface area (Å²) in [6, 6.07) is 3.55. The Bertz CT molecular complexity index is 504. The third kappa shape index (κ3) is 3.84. The van der Waals surface area contributed by atoms with Gasteiger partial charge in [0.1, 0.15) is 0 Å². The molecule has 1 aliphatic heterocycles. The highest BCUT2D eigenvalue weighted by Crippen LogP contribution is 2.36. The first-order valence-corrected chi connectivity index (χ1v) is 8.08. The van der Waals surface area contributed by atoms with Crippen molar-refractivity contribution in [1.29, 1.82) is 0 Å². The maximum Gasteiger partial charge on any atom is 0.226 e. The summed E-state index contributed by atoms with van der Waals surface area (Å²) >= 11 is 0. The summed E-state index contributed by atoms with van der Waals surface area (Å²) in [5.41, 5.74) is 0.919. The molecule has 1 N–H and O–H groups in total. The Morgan fingerprint density at radius 3 is 2.91 bits per heavy atom. The third-order valence-corrected chi connectivity index (χ3v) is 4.28. The largest absolute Gasteiger partial charge is 0.356 e. The maximum atomic E-state index is 12.4. The lowest BCUT2D eigenvalue weighted by Crippen LogP contribution is -2.35. The number of rotatable bonds is 7. The Balaban J connectivity index is 1.98. The lowest BCUT2D eigenvalue weighted by Gasteiger charge is -2.24. The monoisotopic (exact) mass is 303 g/mol. The SMILES string of the molecule is CCCCCCNC(=O)[C@@H]1CC(=O)N(C)[C@@H]1c1cccnc1. The number of likely N-dealkylation sites (tertiary alicyclic amines) is 1. The number of carbonyl (C=O) groups is 2. The summed E-state index contributed by atoms with van der Waals surface area (Å²) in [5.74, 6) is -0.337. The summed E-state index contributed by atoms with van der Waals surface area (Å²) in [6.07, 6.45) is 8.21. The minimum Gasteiger partial charge on any atom is -0.356 e. The van der Waals surface area contributed by atoms with Crippen LogP contribution in [0.4, 0.5) is 0 Å². The highest BCUT2D eigenvalue weighted by Gasteiger charge is 2.42. The van der Waals surface area contributed by atoms with Gasteiger partial charge in [-0.2, -0.15) is 0 Å². The molecule has 5 heteroatoms. The summed E-state index contributed by atoms with van der Waals surface area (Å²) in [7, 11) is 1.76. The summed E-state index contributed by atoms with van der Waals surface area (Å²) in [5, 5.41) is 2.99. The van der Waals surface area contributed by atoms with E-state index in [-0.39, 0.29) is 30.2 Å². The second kappa shape index (κ2) is 7.92. The smallest absolute Gasteiger partial charge is 0.226 e. The van der Waals surface area contributed by atoms with E-state index in [1.807, 2.05) is 12.1 Å². The summed E-state index contributed by atoms with van der Waals surface area (Å²) in [6.45, 7) is 2.85. The Morgan fingerprint density at radius 1 is 1.41 bits per heavy atom. The fraction of sp³-hybridized carbons (Fsp3) is 0.588. The summed E-state index contributed by atoms with van der Waals surface area (Å²) in [4.78, 5) is 30.2. The fourth-order valence-electron chi connectivity index (χ4n) is 3.01. The van der Waals surface area contributed by atoms with Gasteiger partial charge in [0.15, 0.2) is 0 Å². The third-order valence-electron chi connectivity index (χ3n) is 4.28. The van der Waals surface area contributed by atoms with Gasteiger partial charge in [-0.15, -0.1) is 0 Å². The molecule has 0 aromatic carbocycles. The van der Waals surface area contributed by atoms with E-state index in [1.54, 1.807) is 24.3 Å². The van der Waals surface area contributed by atoms with Gasteiger partial charge in [-0.25, -0.2) is 0 Å². The van der Waals surface area contributed by atoms with Crippen molar-refractivity contribution in [3.05, 3.63) is 30.1 Å². The average molecular weight is 303 g/mol. The van der Waals surface area contributed by atoms with E-state index in [2.05, 4.69) is 17.2 Å². The van der Waals surface area contributed by atoms with Crippen LogP contribution in [0.2, 0.25) is 0 Å². The number of amides is 2. The molecular weight excluding hydrogens is 278 g/mol. The van der Waals surface area contributed by atoms with Crippen LogP contribution in [0, 0.1) is 5.92 Å². The first-order valence-electron chi connectivity index (χ1n) is 8.08. The molecule has 1 fully saturated rings. The van der Waals surface area contributed by atoms with Crippen molar-refractivity contribution in [2.24, 2.45) is 5.92 Å². The van der Waals surface area contributed by atoms with Gasteiger partial charge >= 0.3 is 0 Å². The van der Waals surface area contributed by atoms with E-state index < -0.39 is 0 Å². The van der Waals surface area contributed by atoms with E-state index in [4.69, 9.17) is 0 Å². The Morgan fingerprint density at radius 2 is 2.23 bits per heavy atom. The second-order valence-electron chi connectivity index (χ2n) is 5.90. The quantitative estimate of drug-likeness (QED) is 0.786. The predicted molar refractivity (Wildman–Crippen MR) is 85.0 cm³/mol. The molecule has 0 bridgehead atoms. The van der Waals surface area contributed by atoms with Gasteiger partial charge in [-0.3, -0.25) is 14.6 Å². The van der Waals surface area contributed by atoms with E-state index in [9.17, 15) is 9.59 Å². The van der Waals surface area contributed by atoms with Crippen LogP contribution in [0.5, 0.6) is 0 Å². The Hall–Kier alpha value is -1.91. The molecule has 0 radical (unpaired) electrons. The number of nitrogens with zero attached hydrogens (tertiary/aromatic N) is 2. The Labute approximate surface area is 132 Å². The normalized spacial score (nSPS) is 21.2. The van der Waals surface area contributed by atoms with Crippen molar-refractivity contribution in [2.75, 3.05) is 13.6 Å². The zero-order valence-electron chi connectivity index (χ0n) is 13.4. The van der Waals surface area contributed by atoms with Crippen LogP contribution in [0.1, 0.15) is 50.6 Å². The minimum atomic E-state index is -0.326. The maximum absolute atomic E-state index is 12.4. The van der Waals surface area contributed by atoms with Crippen LogP contribution < -0.4 is 5.32 Å².